The van der Waals surface area contributed by atoms with Gasteiger partial charge in [0.1, 0.15) is 5.75 Å². The van der Waals surface area contributed by atoms with E-state index in [4.69, 9.17) is 9.15 Å². The fraction of sp³-hybridized carbons (Fsp3) is 0.571. The van der Waals surface area contributed by atoms with Gasteiger partial charge in [-0.2, -0.15) is 13.2 Å². The van der Waals surface area contributed by atoms with E-state index in [-0.39, 0.29) is 28.7 Å². The van der Waals surface area contributed by atoms with Gasteiger partial charge in [-0.25, -0.2) is 8.42 Å². The van der Waals surface area contributed by atoms with Crippen LogP contribution in [0.1, 0.15) is 54.2 Å². The number of piperidine rings is 1. The number of sulfone groups is 1. The second-order valence-electron chi connectivity index (χ2n) is 9.19. The molecule has 1 aromatic carbocycles. The first-order valence-corrected chi connectivity index (χ1v) is 12.5. The molecule has 2 aromatic rings. The summed E-state index contributed by atoms with van der Waals surface area (Å²) in [4.78, 5) is 14.7. The molecule has 5 rings (SSSR count). The molecule has 0 spiro atoms. The number of hydrogen-bond donors (Lipinski definition) is 0. The molecule has 0 radical (unpaired) electrons. The molecule has 3 fully saturated rings. The van der Waals surface area contributed by atoms with Crippen LogP contribution < -0.4 is 4.74 Å². The van der Waals surface area contributed by atoms with Crippen molar-refractivity contribution in [2.24, 2.45) is 5.92 Å². The van der Waals surface area contributed by atoms with Crippen LogP contribution in [-0.2, 0) is 15.3 Å². The van der Waals surface area contributed by atoms with E-state index in [1.165, 1.54) is 4.90 Å². The second-order valence-corrected chi connectivity index (χ2v) is 11.2. The molecule has 3 atom stereocenters. The third-order valence-corrected chi connectivity index (χ3v) is 7.71. The first-order valence-electron chi connectivity index (χ1n) is 10.6. The average Bonchev–Trinajstić information content (AvgIpc) is 3.61. The zero-order chi connectivity index (χ0) is 23.8. The number of rotatable bonds is 6. The van der Waals surface area contributed by atoms with E-state index in [2.05, 4.69) is 10.2 Å². The maximum absolute atomic E-state index is 13.3. The maximum Gasteiger partial charge on any atom is 0.425 e. The molecule has 12 heteroatoms. The molecular formula is C21H22F3N3O5S. The number of halogens is 3. The Balaban J connectivity index is 1.42. The van der Waals surface area contributed by atoms with E-state index in [0.29, 0.717) is 24.2 Å². The molecule has 1 aromatic heterocycles. The Morgan fingerprint density at radius 2 is 2.03 bits per heavy atom. The van der Waals surface area contributed by atoms with Crippen molar-refractivity contribution in [2.75, 3.05) is 19.3 Å². The van der Waals surface area contributed by atoms with Crippen molar-refractivity contribution in [1.82, 2.24) is 15.1 Å². The summed E-state index contributed by atoms with van der Waals surface area (Å²) < 4.78 is 74.1. The van der Waals surface area contributed by atoms with Gasteiger partial charge in [-0.1, -0.05) is 0 Å². The highest BCUT2D eigenvalue weighted by Gasteiger charge is 2.65. The monoisotopic (exact) mass is 485 g/mol. The molecule has 0 N–H and O–H groups in total. The summed E-state index contributed by atoms with van der Waals surface area (Å²) >= 11 is 0. The number of hydrogen-bond acceptors (Lipinski definition) is 7. The molecule has 1 saturated heterocycles. The normalized spacial score (nSPS) is 25.6. The van der Waals surface area contributed by atoms with E-state index in [0.717, 1.165) is 50.6 Å². The number of ether oxygens (including phenoxy) is 1. The van der Waals surface area contributed by atoms with Crippen LogP contribution in [0.25, 0.3) is 0 Å². The minimum absolute atomic E-state index is 0.102. The molecular weight excluding hydrogens is 463 g/mol. The Bertz CT molecular complexity index is 1220. The van der Waals surface area contributed by atoms with Crippen LogP contribution in [0.5, 0.6) is 5.75 Å². The van der Waals surface area contributed by atoms with Crippen molar-refractivity contribution in [2.45, 2.75) is 54.7 Å². The molecule has 2 saturated carbocycles. The van der Waals surface area contributed by atoms with Crippen molar-refractivity contribution in [3.05, 3.63) is 35.5 Å². The van der Waals surface area contributed by atoms with Crippen LogP contribution in [0.3, 0.4) is 0 Å². The van der Waals surface area contributed by atoms with E-state index in [9.17, 15) is 26.4 Å². The van der Waals surface area contributed by atoms with Crippen molar-refractivity contribution >= 4 is 15.7 Å². The van der Waals surface area contributed by atoms with E-state index in [1.807, 2.05) is 0 Å². The molecule has 2 aliphatic carbocycles. The van der Waals surface area contributed by atoms with E-state index >= 15 is 0 Å². The summed E-state index contributed by atoms with van der Waals surface area (Å²) in [6.07, 6.45) is -3.06. The topological polar surface area (TPSA) is 103 Å². The summed E-state index contributed by atoms with van der Waals surface area (Å²) in [6, 6.07) is 3.30. The number of benzene rings is 1. The van der Waals surface area contributed by atoms with Crippen LogP contribution in [0, 0.1) is 5.92 Å². The number of carbonyl (C=O) groups is 1. The van der Waals surface area contributed by atoms with Gasteiger partial charge < -0.3 is 14.1 Å². The lowest BCUT2D eigenvalue weighted by Gasteiger charge is -2.24. The van der Waals surface area contributed by atoms with Gasteiger partial charge in [0.05, 0.1) is 15.9 Å². The fourth-order valence-corrected chi connectivity index (χ4v) is 4.98. The maximum atomic E-state index is 13.3. The van der Waals surface area contributed by atoms with Gasteiger partial charge in [0.15, 0.2) is 15.9 Å². The van der Waals surface area contributed by atoms with Crippen molar-refractivity contribution in [3.63, 3.8) is 0 Å². The molecule has 1 amide bonds. The lowest BCUT2D eigenvalue weighted by atomic mass is 10.1. The predicted molar refractivity (Wildman–Crippen MR) is 108 cm³/mol. The second kappa shape index (κ2) is 7.18. The zero-order valence-corrected chi connectivity index (χ0v) is 18.7. The predicted octanol–water partition coefficient (Wildman–Crippen LogP) is 3.09. The summed E-state index contributed by atoms with van der Waals surface area (Å²) in [5.41, 5.74) is -0.681. The Kier molecular flexibility index (Phi) is 4.83. The van der Waals surface area contributed by atoms with Gasteiger partial charge in [-0.05, 0) is 50.3 Å². The van der Waals surface area contributed by atoms with Gasteiger partial charge in [0.2, 0.25) is 11.8 Å². The van der Waals surface area contributed by atoms with Crippen LogP contribution in [-0.4, -0.2) is 61.0 Å². The molecule has 3 aliphatic rings. The van der Waals surface area contributed by atoms with E-state index in [1.54, 1.807) is 0 Å². The van der Waals surface area contributed by atoms with Crippen LogP contribution >= 0.6 is 0 Å². The van der Waals surface area contributed by atoms with Crippen LogP contribution in [0.2, 0.25) is 0 Å². The number of nitrogens with zero attached hydrogens (tertiary/aromatic N) is 3. The van der Waals surface area contributed by atoms with Gasteiger partial charge in [-0.3, -0.25) is 4.79 Å². The fourth-order valence-electron chi connectivity index (χ4n) is 4.34. The number of aromatic nitrogens is 2. The standard InChI is InChI=1S/C21H22F3N3O5S/c1-11(21(22,23)24)31-16-6-5-14(33(2,29)30)7-15(16)18(28)27-9-13-8-20(13,10-27)19-26-25-17(32-19)12-3-4-12/h5-7,11-13H,3-4,8-10H2,1-2H3/t11-,13?,20?/m0/s1. The zero-order valence-electron chi connectivity index (χ0n) is 17.9. The van der Waals surface area contributed by atoms with Gasteiger partial charge in [0, 0.05) is 25.3 Å². The van der Waals surface area contributed by atoms with Crippen molar-refractivity contribution in [1.29, 1.82) is 0 Å². The Morgan fingerprint density at radius 3 is 2.67 bits per heavy atom. The minimum atomic E-state index is -4.65. The largest absolute Gasteiger partial charge is 0.480 e. The third kappa shape index (κ3) is 3.98. The Hall–Kier alpha value is -2.63. The number of amides is 1. The lowest BCUT2D eigenvalue weighted by Crippen LogP contribution is -2.35. The summed E-state index contributed by atoms with van der Waals surface area (Å²) in [6.45, 7) is 1.45. The minimum Gasteiger partial charge on any atom is -0.480 e. The highest BCUT2D eigenvalue weighted by molar-refractivity contribution is 7.90. The van der Waals surface area contributed by atoms with Crippen molar-refractivity contribution in [3.8, 4) is 5.75 Å². The molecule has 33 heavy (non-hydrogen) atoms. The molecule has 1 aliphatic heterocycles. The van der Waals surface area contributed by atoms with Crippen molar-refractivity contribution < 1.29 is 35.5 Å². The number of fused-ring (bicyclic) bond motifs is 1. The quantitative estimate of drug-likeness (QED) is 0.620. The summed E-state index contributed by atoms with van der Waals surface area (Å²) in [5.74, 6) is 0.571. The summed E-state index contributed by atoms with van der Waals surface area (Å²) in [7, 11) is -3.69. The third-order valence-electron chi connectivity index (χ3n) is 6.60. The van der Waals surface area contributed by atoms with Gasteiger partial charge in [-0.15, -0.1) is 10.2 Å². The molecule has 2 unspecified atom stereocenters. The number of likely N-dealkylation sites (tertiary alicyclic amines) is 1. The highest BCUT2D eigenvalue weighted by atomic mass is 32.2. The number of alkyl halides is 3. The van der Waals surface area contributed by atoms with Gasteiger partial charge in [0.25, 0.3) is 5.91 Å². The molecule has 0 bridgehead atoms. The molecule has 178 valence electrons. The first-order chi connectivity index (χ1) is 15.4. The smallest absolute Gasteiger partial charge is 0.425 e. The first kappa shape index (κ1) is 22.2. The lowest BCUT2D eigenvalue weighted by molar-refractivity contribution is -0.189. The van der Waals surface area contributed by atoms with Gasteiger partial charge >= 0.3 is 6.18 Å². The Morgan fingerprint density at radius 1 is 1.30 bits per heavy atom. The molecule has 2 heterocycles. The SMILES string of the molecule is C[C@H](Oc1ccc(S(C)(=O)=O)cc1C(=O)N1CC2CC2(c2nnc(C3CC3)o2)C1)C(F)(F)F. The Labute approximate surface area is 188 Å². The molecule has 8 nitrogen and oxygen atoms in total. The highest BCUT2D eigenvalue weighted by Crippen LogP contribution is 2.59. The van der Waals surface area contributed by atoms with Crippen LogP contribution in [0.15, 0.2) is 27.5 Å². The average molecular weight is 485 g/mol. The summed E-state index contributed by atoms with van der Waals surface area (Å²) in [5, 5.41) is 8.30. The van der Waals surface area contributed by atoms with E-state index < -0.39 is 33.4 Å². The van der Waals surface area contributed by atoms with Crippen LogP contribution in [0.4, 0.5) is 13.2 Å². The number of carbonyl (C=O) groups excluding carboxylic acids is 1.